The first-order valence-corrected chi connectivity index (χ1v) is 6.46. The largest absolute Gasteiger partial charge is 0.379 e. The summed E-state index contributed by atoms with van der Waals surface area (Å²) in [6.07, 6.45) is 5.82. The molecule has 0 aromatic carbocycles. The van der Waals surface area contributed by atoms with Crippen molar-refractivity contribution in [3.05, 3.63) is 11.3 Å². The highest BCUT2D eigenvalue weighted by molar-refractivity contribution is 6.08. The second kappa shape index (κ2) is 5.00. The highest BCUT2D eigenvalue weighted by Gasteiger charge is 2.40. The van der Waals surface area contributed by atoms with E-state index in [-0.39, 0.29) is 5.78 Å². The van der Waals surface area contributed by atoms with Gasteiger partial charge in [0.1, 0.15) is 0 Å². The van der Waals surface area contributed by atoms with Crippen LogP contribution >= 0.6 is 0 Å². The van der Waals surface area contributed by atoms with E-state index in [1.54, 1.807) is 0 Å². The molecule has 90 valence electrons. The van der Waals surface area contributed by atoms with Crippen LogP contribution < -0.4 is 0 Å². The molecule has 0 bridgehead atoms. The monoisotopic (exact) mass is 223 g/mol. The number of carbonyl (C=O) groups excluding carboxylic acids is 1. The highest BCUT2D eigenvalue weighted by Crippen LogP contribution is 2.33. The number of carbonyl (C=O) groups is 1. The first-order valence-electron chi connectivity index (χ1n) is 6.46. The van der Waals surface area contributed by atoms with Gasteiger partial charge in [-0.2, -0.15) is 0 Å². The van der Waals surface area contributed by atoms with Crippen LogP contribution in [0.5, 0.6) is 0 Å². The zero-order valence-corrected chi connectivity index (χ0v) is 10.0. The fourth-order valence-electron chi connectivity index (χ4n) is 2.61. The highest BCUT2D eigenvalue weighted by atomic mass is 16.3. The van der Waals surface area contributed by atoms with E-state index >= 15 is 0 Å². The van der Waals surface area contributed by atoms with E-state index < -0.39 is 6.10 Å². The van der Waals surface area contributed by atoms with E-state index in [4.69, 9.17) is 0 Å². The molecule has 1 heterocycles. The second-order valence-corrected chi connectivity index (χ2v) is 4.78. The molecule has 1 fully saturated rings. The number of rotatable bonds is 4. The number of hydrogen-bond acceptors (Lipinski definition) is 3. The molecule has 0 amide bonds. The Balaban J connectivity index is 2.08. The predicted molar refractivity (Wildman–Crippen MR) is 63.0 cm³/mol. The molecule has 1 atom stereocenters. The number of likely N-dealkylation sites (tertiary alicyclic amines) is 1. The van der Waals surface area contributed by atoms with Gasteiger partial charge in [-0.15, -0.1) is 0 Å². The van der Waals surface area contributed by atoms with Crippen LogP contribution in [0.1, 0.15) is 45.4 Å². The van der Waals surface area contributed by atoms with Crippen molar-refractivity contribution in [2.75, 3.05) is 13.1 Å². The minimum atomic E-state index is -0.815. The van der Waals surface area contributed by atoms with Crippen molar-refractivity contribution < 1.29 is 9.90 Å². The lowest BCUT2D eigenvalue weighted by atomic mass is 9.84. The van der Waals surface area contributed by atoms with Crippen molar-refractivity contribution in [2.45, 2.75) is 51.6 Å². The summed E-state index contributed by atoms with van der Waals surface area (Å²) >= 11 is 0. The van der Waals surface area contributed by atoms with Crippen LogP contribution in [-0.2, 0) is 4.79 Å². The Labute approximate surface area is 97.1 Å². The molecule has 1 aliphatic carbocycles. The topological polar surface area (TPSA) is 40.5 Å². The standard InChI is InChI=1S/C13H21NO2/c1-2-3-7-10-11(13(16)12(10)15)14-8-5-4-6-9-14/h13,16H,2-9H2,1H3. The van der Waals surface area contributed by atoms with Crippen molar-refractivity contribution in [1.29, 1.82) is 0 Å². The lowest BCUT2D eigenvalue weighted by Gasteiger charge is -2.39. The maximum atomic E-state index is 11.6. The lowest BCUT2D eigenvalue weighted by Crippen LogP contribution is -2.46. The van der Waals surface area contributed by atoms with Gasteiger partial charge in [0.25, 0.3) is 0 Å². The van der Waals surface area contributed by atoms with E-state index in [1.165, 1.54) is 19.3 Å². The molecule has 0 spiro atoms. The van der Waals surface area contributed by atoms with E-state index in [0.717, 1.165) is 43.6 Å². The number of hydrogen-bond donors (Lipinski definition) is 1. The van der Waals surface area contributed by atoms with Gasteiger partial charge in [0.05, 0.1) is 5.70 Å². The fourth-order valence-corrected chi connectivity index (χ4v) is 2.61. The lowest BCUT2D eigenvalue weighted by molar-refractivity contribution is -0.126. The third-order valence-electron chi connectivity index (χ3n) is 3.59. The number of aliphatic hydroxyl groups is 1. The van der Waals surface area contributed by atoms with Gasteiger partial charge in [-0.1, -0.05) is 13.3 Å². The van der Waals surface area contributed by atoms with Crippen LogP contribution in [0.2, 0.25) is 0 Å². The summed E-state index contributed by atoms with van der Waals surface area (Å²) in [5.41, 5.74) is 1.84. The molecule has 0 aromatic rings. The van der Waals surface area contributed by atoms with Gasteiger partial charge in [-0.25, -0.2) is 0 Å². The van der Waals surface area contributed by atoms with Crippen LogP contribution in [0.25, 0.3) is 0 Å². The Morgan fingerprint density at radius 3 is 2.62 bits per heavy atom. The number of nitrogens with zero attached hydrogens (tertiary/aromatic N) is 1. The summed E-state index contributed by atoms with van der Waals surface area (Å²) in [6, 6.07) is 0. The number of aliphatic hydroxyl groups excluding tert-OH is 1. The Morgan fingerprint density at radius 1 is 1.31 bits per heavy atom. The Kier molecular flexibility index (Phi) is 3.64. The zero-order chi connectivity index (χ0) is 11.5. The Bertz CT molecular complexity index is 303. The summed E-state index contributed by atoms with van der Waals surface area (Å²) in [5.74, 6) is -0.0333. The number of Topliss-reactive ketones (excluding diaryl/α,β-unsaturated/α-hetero) is 1. The molecule has 3 nitrogen and oxygen atoms in total. The molecule has 1 N–H and O–H groups in total. The molecule has 0 saturated carbocycles. The van der Waals surface area contributed by atoms with Gasteiger partial charge in [0, 0.05) is 18.7 Å². The number of ketones is 1. The van der Waals surface area contributed by atoms with Gasteiger partial charge >= 0.3 is 0 Å². The van der Waals surface area contributed by atoms with Gasteiger partial charge in [0.15, 0.2) is 11.9 Å². The van der Waals surface area contributed by atoms with Gasteiger partial charge in [-0.3, -0.25) is 4.79 Å². The van der Waals surface area contributed by atoms with Crippen LogP contribution in [0, 0.1) is 0 Å². The van der Waals surface area contributed by atoms with E-state index in [2.05, 4.69) is 11.8 Å². The smallest absolute Gasteiger partial charge is 0.195 e. The maximum Gasteiger partial charge on any atom is 0.195 e. The quantitative estimate of drug-likeness (QED) is 0.791. The molecule has 1 aliphatic heterocycles. The molecule has 0 aromatic heterocycles. The molecule has 2 aliphatic rings. The average Bonchev–Trinajstić information content (AvgIpc) is 2.34. The minimum Gasteiger partial charge on any atom is -0.379 e. The van der Waals surface area contributed by atoms with E-state index in [0.29, 0.717) is 0 Å². The average molecular weight is 223 g/mol. The summed E-state index contributed by atoms with van der Waals surface area (Å²) in [6.45, 7) is 4.14. The SMILES string of the molecule is CCCCC1=C(N2CCCCC2)C(O)C1=O. The van der Waals surface area contributed by atoms with Gasteiger partial charge in [0.2, 0.25) is 0 Å². The first-order chi connectivity index (χ1) is 7.75. The maximum absolute atomic E-state index is 11.6. The second-order valence-electron chi connectivity index (χ2n) is 4.78. The molecule has 1 saturated heterocycles. The molecular weight excluding hydrogens is 202 g/mol. The van der Waals surface area contributed by atoms with Crippen molar-refractivity contribution in [1.82, 2.24) is 4.90 Å². The minimum absolute atomic E-state index is 0.0333. The zero-order valence-electron chi connectivity index (χ0n) is 10.0. The van der Waals surface area contributed by atoms with E-state index in [9.17, 15) is 9.90 Å². The Hall–Kier alpha value is -0.830. The van der Waals surface area contributed by atoms with E-state index in [1.807, 2.05) is 0 Å². The number of unbranched alkanes of at least 4 members (excludes halogenated alkanes) is 1. The van der Waals surface area contributed by atoms with Crippen LogP contribution in [0.15, 0.2) is 11.3 Å². The summed E-state index contributed by atoms with van der Waals surface area (Å²) in [5, 5.41) is 9.75. The first kappa shape index (κ1) is 11.6. The van der Waals surface area contributed by atoms with Crippen molar-refractivity contribution in [3.63, 3.8) is 0 Å². The Morgan fingerprint density at radius 2 is 2.00 bits per heavy atom. The molecular formula is C13H21NO2. The van der Waals surface area contributed by atoms with Crippen molar-refractivity contribution >= 4 is 5.78 Å². The van der Waals surface area contributed by atoms with Crippen LogP contribution in [-0.4, -0.2) is 35.0 Å². The molecule has 0 radical (unpaired) electrons. The molecule has 2 rings (SSSR count). The summed E-state index contributed by atoms with van der Waals surface area (Å²) < 4.78 is 0. The summed E-state index contributed by atoms with van der Waals surface area (Å²) in [7, 11) is 0. The van der Waals surface area contributed by atoms with Gasteiger partial charge < -0.3 is 10.0 Å². The molecule has 1 unspecified atom stereocenters. The predicted octanol–water partition coefficient (Wildman–Crippen LogP) is 1.86. The van der Waals surface area contributed by atoms with Gasteiger partial charge in [-0.05, 0) is 32.1 Å². The van der Waals surface area contributed by atoms with Crippen LogP contribution in [0.3, 0.4) is 0 Å². The third kappa shape index (κ3) is 2.01. The third-order valence-corrected chi connectivity index (χ3v) is 3.59. The summed E-state index contributed by atoms with van der Waals surface area (Å²) in [4.78, 5) is 13.8. The number of piperidine rings is 1. The van der Waals surface area contributed by atoms with Crippen LogP contribution in [0.4, 0.5) is 0 Å². The molecule has 3 heteroatoms. The normalized spacial score (nSPS) is 26.0. The fraction of sp³-hybridized carbons (Fsp3) is 0.769. The van der Waals surface area contributed by atoms with Crippen molar-refractivity contribution in [3.8, 4) is 0 Å². The van der Waals surface area contributed by atoms with Crippen molar-refractivity contribution in [2.24, 2.45) is 0 Å². The molecule has 16 heavy (non-hydrogen) atoms.